The van der Waals surface area contributed by atoms with Crippen LogP contribution in [0.4, 0.5) is 5.69 Å². The molecule has 0 aliphatic heterocycles. The van der Waals surface area contributed by atoms with Gasteiger partial charge < -0.3 is 15.4 Å². The highest BCUT2D eigenvalue weighted by atomic mass is 79.9. The molecule has 1 aromatic carbocycles. The van der Waals surface area contributed by atoms with Crippen LogP contribution in [0, 0.1) is 5.92 Å². The van der Waals surface area contributed by atoms with Gasteiger partial charge in [-0.05, 0) is 47.6 Å². The third kappa shape index (κ3) is 5.47. The van der Waals surface area contributed by atoms with Crippen LogP contribution in [0.15, 0.2) is 22.7 Å². The Kier molecular flexibility index (Phi) is 7.39. The molecule has 0 aliphatic rings. The van der Waals surface area contributed by atoms with Crippen molar-refractivity contribution in [3.8, 4) is 0 Å². The lowest BCUT2D eigenvalue weighted by Crippen LogP contribution is -2.30. The molecule has 2 N–H and O–H groups in total. The van der Waals surface area contributed by atoms with Crippen LogP contribution in [0.5, 0.6) is 0 Å². The predicted molar refractivity (Wildman–Crippen MR) is 86.4 cm³/mol. The van der Waals surface area contributed by atoms with Gasteiger partial charge in [0.25, 0.3) is 0 Å². The van der Waals surface area contributed by atoms with E-state index in [1.54, 1.807) is 25.1 Å². The molecular weight excluding hydrogens is 336 g/mol. The van der Waals surface area contributed by atoms with Crippen molar-refractivity contribution in [2.45, 2.75) is 20.8 Å². The first kappa shape index (κ1) is 17.7. The van der Waals surface area contributed by atoms with E-state index >= 15 is 0 Å². The number of nitrogens with one attached hydrogen (secondary N) is 2. The predicted octanol–water partition coefficient (Wildman–Crippen LogP) is 2.81. The Labute approximate surface area is 133 Å². The zero-order valence-corrected chi connectivity index (χ0v) is 14.1. The number of rotatable bonds is 7. The third-order valence-electron chi connectivity index (χ3n) is 2.89. The lowest BCUT2D eigenvalue weighted by molar-refractivity contribution is -0.119. The van der Waals surface area contributed by atoms with Gasteiger partial charge in [0, 0.05) is 16.9 Å². The van der Waals surface area contributed by atoms with Crippen LogP contribution in [-0.2, 0) is 9.53 Å². The number of anilines is 1. The summed E-state index contributed by atoms with van der Waals surface area (Å²) in [6.45, 7) is 7.40. The van der Waals surface area contributed by atoms with Gasteiger partial charge in [-0.3, -0.25) is 4.79 Å². The minimum Gasteiger partial charge on any atom is -0.462 e. The molecule has 0 spiro atoms. The van der Waals surface area contributed by atoms with Crippen molar-refractivity contribution in [3.63, 3.8) is 0 Å². The molecule has 0 saturated heterocycles. The first-order chi connectivity index (χ1) is 9.99. The zero-order chi connectivity index (χ0) is 15.8. The van der Waals surface area contributed by atoms with Crippen LogP contribution in [0.2, 0.25) is 0 Å². The first-order valence-electron chi connectivity index (χ1n) is 6.97. The van der Waals surface area contributed by atoms with Gasteiger partial charge >= 0.3 is 5.97 Å². The second kappa shape index (κ2) is 8.79. The van der Waals surface area contributed by atoms with Crippen molar-refractivity contribution in [2.75, 3.05) is 25.0 Å². The van der Waals surface area contributed by atoms with Crippen LogP contribution in [0.3, 0.4) is 0 Å². The Balaban J connectivity index is 2.72. The van der Waals surface area contributed by atoms with Crippen LogP contribution in [0.1, 0.15) is 31.1 Å². The molecule has 5 nitrogen and oxygen atoms in total. The van der Waals surface area contributed by atoms with E-state index in [4.69, 9.17) is 4.74 Å². The minimum absolute atomic E-state index is 0.0689. The van der Waals surface area contributed by atoms with E-state index in [9.17, 15) is 9.59 Å². The molecule has 0 aliphatic carbocycles. The van der Waals surface area contributed by atoms with Crippen LogP contribution in [-0.4, -0.2) is 31.6 Å². The standard InChI is InChI=1S/C15H21BrN2O3/c1-4-17-9-10(3)14(19)18-13-7-6-11(8-12(13)16)15(20)21-5-2/h6-8,10,17H,4-5,9H2,1-3H3,(H,18,19). The normalized spacial score (nSPS) is 11.8. The summed E-state index contributed by atoms with van der Waals surface area (Å²) in [5, 5.41) is 5.97. The number of esters is 1. The monoisotopic (exact) mass is 356 g/mol. The van der Waals surface area contributed by atoms with Crippen molar-refractivity contribution in [1.29, 1.82) is 0 Å². The topological polar surface area (TPSA) is 67.4 Å². The van der Waals surface area contributed by atoms with E-state index in [2.05, 4.69) is 26.6 Å². The van der Waals surface area contributed by atoms with Gasteiger partial charge in [-0.2, -0.15) is 0 Å². The SMILES string of the molecule is CCNCC(C)C(=O)Nc1ccc(C(=O)OCC)cc1Br. The molecule has 1 rings (SSSR count). The Bertz CT molecular complexity index is 506. The number of carbonyl (C=O) groups excluding carboxylic acids is 2. The number of ether oxygens (including phenoxy) is 1. The fourth-order valence-electron chi connectivity index (χ4n) is 1.67. The van der Waals surface area contributed by atoms with E-state index < -0.39 is 0 Å². The highest BCUT2D eigenvalue weighted by Crippen LogP contribution is 2.24. The van der Waals surface area contributed by atoms with Crippen LogP contribution < -0.4 is 10.6 Å². The fourth-order valence-corrected chi connectivity index (χ4v) is 2.15. The molecule has 0 aromatic heterocycles. The number of hydrogen-bond donors (Lipinski definition) is 2. The summed E-state index contributed by atoms with van der Waals surface area (Å²) >= 11 is 3.36. The van der Waals surface area contributed by atoms with Gasteiger partial charge in [0.15, 0.2) is 0 Å². The number of carbonyl (C=O) groups is 2. The number of hydrogen-bond acceptors (Lipinski definition) is 4. The molecule has 6 heteroatoms. The van der Waals surface area contributed by atoms with Gasteiger partial charge in [-0.25, -0.2) is 4.79 Å². The maximum absolute atomic E-state index is 12.0. The quantitative estimate of drug-likeness (QED) is 0.737. The molecule has 0 bridgehead atoms. The lowest BCUT2D eigenvalue weighted by atomic mass is 10.1. The van der Waals surface area contributed by atoms with E-state index in [0.29, 0.717) is 28.9 Å². The summed E-state index contributed by atoms with van der Waals surface area (Å²) in [7, 11) is 0. The van der Waals surface area contributed by atoms with Gasteiger partial charge in [-0.15, -0.1) is 0 Å². The van der Waals surface area contributed by atoms with Crippen molar-refractivity contribution in [2.24, 2.45) is 5.92 Å². The van der Waals surface area contributed by atoms with Crippen molar-refractivity contribution in [1.82, 2.24) is 5.32 Å². The van der Waals surface area contributed by atoms with E-state index in [1.165, 1.54) is 0 Å². The van der Waals surface area contributed by atoms with Crippen LogP contribution >= 0.6 is 15.9 Å². The van der Waals surface area contributed by atoms with E-state index in [1.807, 2.05) is 13.8 Å². The molecule has 0 heterocycles. The van der Waals surface area contributed by atoms with E-state index in [-0.39, 0.29) is 17.8 Å². The molecule has 21 heavy (non-hydrogen) atoms. The molecule has 116 valence electrons. The van der Waals surface area contributed by atoms with Gasteiger partial charge in [-0.1, -0.05) is 13.8 Å². The number of halogens is 1. The second-order valence-corrected chi connectivity index (χ2v) is 5.47. The average Bonchev–Trinajstić information content (AvgIpc) is 2.46. The summed E-state index contributed by atoms with van der Waals surface area (Å²) in [5.74, 6) is -0.585. The molecule has 0 fully saturated rings. The largest absolute Gasteiger partial charge is 0.462 e. The van der Waals surface area contributed by atoms with E-state index in [0.717, 1.165) is 6.54 Å². The lowest BCUT2D eigenvalue weighted by Gasteiger charge is -2.14. The van der Waals surface area contributed by atoms with Gasteiger partial charge in [0.1, 0.15) is 0 Å². The highest BCUT2D eigenvalue weighted by Gasteiger charge is 2.15. The maximum Gasteiger partial charge on any atom is 0.338 e. The van der Waals surface area contributed by atoms with Gasteiger partial charge in [0.2, 0.25) is 5.91 Å². The molecule has 1 amide bonds. The maximum atomic E-state index is 12.0. The summed E-state index contributed by atoms with van der Waals surface area (Å²) in [6.07, 6.45) is 0. The summed E-state index contributed by atoms with van der Waals surface area (Å²) < 4.78 is 5.58. The Morgan fingerprint density at radius 3 is 2.62 bits per heavy atom. The van der Waals surface area contributed by atoms with Crippen LogP contribution in [0.25, 0.3) is 0 Å². The van der Waals surface area contributed by atoms with Crippen molar-refractivity contribution in [3.05, 3.63) is 28.2 Å². The summed E-state index contributed by atoms with van der Waals surface area (Å²) in [6, 6.07) is 4.96. The third-order valence-corrected chi connectivity index (χ3v) is 3.54. The highest BCUT2D eigenvalue weighted by molar-refractivity contribution is 9.10. The molecular formula is C15H21BrN2O3. The summed E-state index contributed by atoms with van der Waals surface area (Å²) in [5.41, 5.74) is 1.08. The minimum atomic E-state index is -0.378. The molecule has 1 aromatic rings. The Hall–Kier alpha value is -1.40. The van der Waals surface area contributed by atoms with Gasteiger partial charge in [0.05, 0.1) is 17.9 Å². The Morgan fingerprint density at radius 2 is 2.05 bits per heavy atom. The first-order valence-corrected chi connectivity index (χ1v) is 7.77. The number of benzene rings is 1. The molecule has 1 unspecified atom stereocenters. The molecule has 0 radical (unpaired) electrons. The zero-order valence-electron chi connectivity index (χ0n) is 12.5. The second-order valence-electron chi connectivity index (χ2n) is 4.61. The summed E-state index contributed by atoms with van der Waals surface area (Å²) in [4.78, 5) is 23.6. The molecule has 0 saturated carbocycles. The molecule has 1 atom stereocenters. The number of amides is 1. The Morgan fingerprint density at radius 1 is 1.33 bits per heavy atom. The average molecular weight is 357 g/mol. The van der Waals surface area contributed by atoms with Crippen molar-refractivity contribution >= 4 is 33.5 Å². The smallest absolute Gasteiger partial charge is 0.338 e. The van der Waals surface area contributed by atoms with Crippen molar-refractivity contribution < 1.29 is 14.3 Å². The fraction of sp³-hybridized carbons (Fsp3) is 0.467.